The number of hydrogen-bond acceptors (Lipinski definition) is 0. The SMILES string of the molecule is [CH3][Ga+][CH3].c1ccc([P-]c2ccccc2)cc1. The molecule has 2 rings (SSSR count). The molecule has 2 aromatic carbocycles. The van der Waals surface area contributed by atoms with Crippen LogP contribution in [0.5, 0.6) is 0 Å². The summed E-state index contributed by atoms with van der Waals surface area (Å²) in [5.74, 6) is 0. The summed E-state index contributed by atoms with van der Waals surface area (Å²) < 4.78 is 0. The normalized spacial score (nSPS) is 8.62. The van der Waals surface area contributed by atoms with Crippen LogP contribution in [0.4, 0.5) is 0 Å². The molecule has 0 amide bonds. The van der Waals surface area contributed by atoms with Crippen molar-refractivity contribution in [3.8, 4) is 0 Å². The molecule has 0 aliphatic rings. The van der Waals surface area contributed by atoms with Crippen LogP contribution in [0, 0.1) is 0 Å². The third-order valence-electron chi connectivity index (χ3n) is 1.77. The summed E-state index contributed by atoms with van der Waals surface area (Å²) in [5, 5.41) is 2.68. The third-order valence-corrected chi connectivity index (χ3v) is 2.88. The van der Waals surface area contributed by atoms with E-state index in [4.69, 9.17) is 0 Å². The molecule has 0 nitrogen and oxygen atoms in total. The maximum absolute atomic E-state index is 2.28. The number of hydrogen-bond donors (Lipinski definition) is 0. The molecular weight excluding hydrogens is 269 g/mol. The largest absolute Gasteiger partial charge is 0.472 e. The number of benzene rings is 2. The van der Waals surface area contributed by atoms with E-state index in [1.807, 2.05) is 12.1 Å². The molecule has 16 heavy (non-hydrogen) atoms. The van der Waals surface area contributed by atoms with Gasteiger partial charge in [0.2, 0.25) is 0 Å². The topological polar surface area (TPSA) is 0 Å². The van der Waals surface area contributed by atoms with Crippen molar-refractivity contribution in [2.75, 3.05) is 0 Å². The average molecular weight is 285 g/mol. The van der Waals surface area contributed by atoms with E-state index in [0.717, 1.165) is 0 Å². The molecule has 0 unspecified atom stereocenters. The average Bonchev–Trinajstić information content (AvgIpc) is 2.33. The van der Waals surface area contributed by atoms with Gasteiger partial charge >= 0.3 is 28.4 Å². The Morgan fingerprint density at radius 1 is 0.688 bits per heavy atom. The van der Waals surface area contributed by atoms with Gasteiger partial charge in [0, 0.05) is 0 Å². The second-order valence-corrected chi connectivity index (χ2v) is 7.04. The molecule has 0 aliphatic heterocycles. The molecule has 0 radical (unpaired) electrons. The molecule has 0 bridgehead atoms. The summed E-state index contributed by atoms with van der Waals surface area (Å²) >= 11 is 0.312. The fraction of sp³-hybridized carbons (Fsp3) is 0.143. The van der Waals surface area contributed by atoms with Crippen molar-refractivity contribution in [2.24, 2.45) is 0 Å². The van der Waals surface area contributed by atoms with Crippen LogP contribution >= 0.6 is 8.58 Å². The van der Waals surface area contributed by atoms with Gasteiger partial charge in [-0.2, -0.15) is 0 Å². The second-order valence-electron chi connectivity index (χ2n) is 3.36. The standard InChI is InChI=1S/C12H10P.2CH3.Ga/c1-3-7-11(8-4-1)13-12-9-5-2-6-10-12;;;/h1-10H;2*1H3;/q-1;;;+1. The maximum atomic E-state index is 2.28. The van der Waals surface area contributed by atoms with Gasteiger partial charge in [-0.25, -0.2) is 10.6 Å². The summed E-state index contributed by atoms with van der Waals surface area (Å²) in [7, 11) is 1.28. The minimum atomic E-state index is 0.312. The summed E-state index contributed by atoms with van der Waals surface area (Å²) in [5.41, 5.74) is 4.56. The molecule has 0 saturated carbocycles. The van der Waals surface area contributed by atoms with Crippen LogP contribution in [-0.4, -0.2) is 17.4 Å². The summed E-state index contributed by atoms with van der Waals surface area (Å²) in [6.45, 7) is 0. The van der Waals surface area contributed by atoms with Crippen LogP contribution in [0.15, 0.2) is 60.7 Å². The van der Waals surface area contributed by atoms with Crippen molar-refractivity contribution in [3.63, 3.8) is 0 Å². The first-order chi connectivity index (χ1) is 7.86. The zero-order valence-electron chi connectivity index (χ0n) is 9.80. The van der Waals surface area contributed by atoms with Gasteiger partial charge in [-0.1, -0.05) is 60.7 Å². The van der Waals surface area contributed by atoms with Crippen molar-refractivity contribution < 1.29 is 0 Å². The maximum Gasteiger partial charge on any atom is -0.0624 e. The summed E-state index contributed by atoms with van der Waals surface area (Å²) in [6, 6.07) is 21.0. The van der Waals surface area contributed by atoms with Crippen LogP contribution in [-0.2, 0) is 0 Å². The van der Waals surface area contributed by atoms with Gasteiger partial charge in [-0.05, 0) is 0 Å². The van der Waals surface area contributed by atoms with Gasteiger partial charge in [0.25, 0.3) is 0 Å². The fourth-order valence-electron chi connectivity index (χ4n) is 1.15. The van der Waals surface area contributed by atoms with Crippen molar-refractivity contribution in [2.45, 2.75) is 11.0 Å². The molecule has 0 heterocycles. The van der Waals surface area contributed by atoms with E-state index in [2.05, 4.69) is 59.5 Å². The molecule has 2 aromatic rings. The molecule has 0 saturated heterocycles. The molecule has 0 fully saturated rings. The molecule has 0 atom stereocenters. The van der Waals surface area contributed by atoms with Crippen LogP contribution in [0.25, 0.3) is 0 Å². The van der Waals surface area contributed by atoms with Gasteiger partial charge in [0.05, 0.1) is 0 Å². The van der Waals surface area contributed by atoms with Crippen molar-refractivity contribution in [1.82, 2.24) is 0 Å². The van der Waals surface area contributed by atoms with Crippen molar-refractivity contribution >= 4 is 36.6 Å². The molecule has 2 heteroatoms. The Morgan fingerprint density at radius 2 is 1.00 bits per heavy atom. The zero-order valence-corrected chi connectivity index (χ0v) is 13.1. The molecule has 80 valence electrons. The first kappa shape index (κ1) is 13.6. The van der Waals surface area contributed by atoms with Gasteiger partial charge < -0.3 is 8.58 Å². The van der Waals surface area contributed by atoms with E-state index < -0.39 is 0 Å². The van der Waals surface area contributed by atoms with E-state index in [1.54, 1.807) is 0 Å². The molecule has 0 aliphatic carbocycles. The van der Waals surface area contributed by atoms with E-state index in [9.17, 15) is 0 Å². The predicted molar refractivity (Wildman–Crippen MR) is 76.6 cm³/mol. The van der Waals surface area contributed by atoms with Crippen LogP contribution in [0.3, 0.4) is 0 Å². The van der Waals surface area contributed by atoms with Gasteiger partial charge in [0.15, 0.2) is 0 Å². The first-order valence-electron chi connectivity index (χ1n) is 5.42. The van der Waals surface area contributed by atoms with E-state index >= 15 is 0 Å². The zero-order chi connectivity index (χ0) is 11.6. The van der Waals surface area contributed by atoms with E-state index in [-0.39, 0.29) is 0 Å². The summed E-state index contributed by atoms with van der Waals surface area (Å²) in [6.07, 6.45) is 0. The van der Waals surface area contributed by atoms with Crippen LogP contribution in [0.1, 0.15) is 0 Å². The van der Waals surface area contributed by atoms with Crippen molar-refractivity contribution in [3.05, 3.63) is 60.7 Å². The second kappa shape index (κ2) is 8.63. The van der Waals surface area contributed by atoms with Crippen LogP contribution < -0.4 is 10.6 Å². The monoisotopic (exact) mass is 284 g/mol. The predicted octanol–water partition coefficient (Wildman–Crippen LogP) is 3.37. The minimum absolute atomic E-state index is 0.312. The Labute approximate surface area is 108 Å². The van der Waals surface area contributed by atoms with Crippen molar-refractivity contribution in [1.29, 1.82) is 0 Å². The third kappa shape index (κ3) is 5.55. The van der Waals surface area contributed by atoms with Gasteiger partial charge in [-0.15, -0.1) is 0 Å². The quantitative estimate of drug-likeness (QED) is 0.586. The van der Waals surface area contributed by atoms with E-state index in [0.29, 0.717) is 17.4 Å². The Morgan fingerprint density at radius 3 is 1.31 bits per heavy atom. The fourth-order valence-corrected chi connectivity index (χ4v) is 2.09. The van der Waals surface area contributed by atoms with Crippen LogP contribution in [0.2, 0.25) is 11.0 Å². The Kier molecular flexibility index (Phi) is 7.32. The molecular formula is C14H16GaP. The first-order valence-corrected chi connectivity index (χ1v) is 11.2. The summed E-state index contributed by atoms with van der Waals surface area (Å²) in [4.78, 5) is 0. The Bertz CT molecular complexity index is 335. The molecule has 0 aromatic heterocycles. The van der Waals surface area contributed by atoms with E-state index in [1.165, 1.54) is 19.2 Å². The Hall–Kier alpha value is -0.494. The van der Waals surface area contributed by atoms with Gasteiger partial charge in [-0.3, -0.25) is 0 Å². The van der Waals surface area contributed by atoms with Gasteiger partial charge in [0.1, 0.15) is 0 Å². The molecule has 0 spiro atoms. The minimum Gasteiger partial charge on any atom is -0.472 e. The Balaban J connectivity index is 0.000000386. The smallest absolute Gasteiger partial charge is 0.0624 e. The molecule has 0 N–H and O–H groups in total. The number of rotatable bonds is 2.